The molecule has 0 saturated heterocycles. The van der Waals surface area contributed by atoms with Crippen LogP contribution in [0.1, 0.15) is 26.7 Å². The second-order valence-electron chi connectivity index (χ2n) is 5.09. The Labute approximate surface area is 103 Å². The Morgan fingerprint density at radius 3 is 2.35 bits per heavy atom. The zero-order valence-electron chi connectivity index (χ0n) is 11.0. The summed E-state index contributed by atoms with van der Waals surface area (Å²) < 4.78 is 10.5. The molecule has 17 heavy (non-hydrogen) atoms. The van der Waals surface area contributed by atoms with Crippen molar-refractivity contribution in [3.8, 4) is 11.5 Å². The minimum Gasteiger partial charge on any atom is -0.493 e. The summed E-state index contributed by atoms with van der Waals surface area (Å²) in [6.45, 7) is 4.56. The topological polar surface area (TPSA) is 30.5 Å². The van der Waals surface area contributed by atoms with Crippen LogP contribution in [0.4, 0.5) is 5.69 Å². The van der Waals surface area contributed by atoms with Gasteiger partial charge in [0.15, 0.2) is 11.5 Å². The van der Waals surface area contributed by atoms with Crippen molar-refractivity contribution in [2.45, 2.75) is 32.7 Å². The van der Waals surface area contributed by atoms with Crippen molar-refractivity contribution in [2.75, 3.05) is 19.5 Å². The molecule has 1 aliphatic rings. The molecule has 0 radical (unpaired) electrons. The van der Waals surface area contributed by atoms with E-state index in [-0.39, 0.29) is 0 Å². The van der Waals surface area contributed by atoms with E-state index < -0.39 is 0 Å². The van der Waals surface area contributed by atoms with Gasteiger partial charge in [-0.05, 0) is 37.3 Å². The van der Waals surface area contributed by atoms with Crippen molar-refractivity contribution < 1.29 is 9.47 Å². The van der Waals surface area contributed by atoms with Gasteiger partial charge in [0.25, 0.3) is 0 Å². The average Bonchev–Trinajstić information content (AvgIpc) is 3.08. The quantitative estimate of drug-likeness (QED) is 0.849. The van der Waals surface area contributed by atoms with Crippen LogP contribution in [-0.2, 0) is 0 Å². The van der Waals surface area contributed by atoms with Gasteiger partial charge in [0, 0.05) is 17.8 Å². The van der Waals surface area contributed by atoms with E-state index in [0.29, 0.717) is 11.5 Å². The van der Waals surface area contributed by atoms with E-state index in [1.165, 1.54) is 12.8 Å². The van der Waals surface area contributed by atoms with Crippen LogP contribution in [0.5, 0.6) is 11.5 Å². The summed E-state index contributed by atoms with van der Waals surface area (Å²) in [5, 5.41) is 3.53. The van der Waals surface area contributed by atoms with Crippen LogP contribution >= 0.6 is 0 Å². The lowest BCUT2D eigenvalue weighted by Crippen LogP contribution is -2.24. The molecule has 3 nitrogen and oxygen atoms in total. The molecule has 0 amide bonds. The first kappa shape index (κ1) is 12.1. The van der Waals surface area contributed by atoms with Crippen LogP contribution in [0.3, 0.4) is 0 Å². The van der Waals surface area contributed by atoms with Crippen molar-refractivity contribution in [1.29, 1.82) is 0 Å². The summed E-state index contributed by atoms with van der Waals surface area (Å²) in [6.07, 6.45) is 2.63. The maximum atomic E-state index is 5.29. The van der Waals surface area contributed by atoms with Gasteiger partial charge in [-0.25, -0.2) is 0 Å². The van der Waals surface area contributed by atoms with E-state index in [0.717, 1.165) is 17.2 Å². The fourth-order valence-electron chi connectivity index (χ4n) is 1.98. The number of hydrogen-bond acceptors (Lipinski definition) is 3. The molecule has 1 aromatic rings. The lowest BCUT2D eigenvalue weighted by atomic mass is 10.0. The van der Waals surface area contributed by atoms with Gasteiger partial charge in [-0.3, -0.25) is 0 Å². The van der Waals surface area contributed by atoms with Gasteiger partial charge in [0.2, 0.25) is 0 Å². The first-order valence-electron chi connectivity index (χ1n) is 6.07. The number of ether oxygens (including phenoxy) is 2. The van der Waals surface area contributed by atoms with Gasteiger partial charge < -0.3 is 14.8 Å². The largest absolute Gasteiger partial charge is 0.493 e. The standard InChI is InChI=1S/C14H21NO2/c1-10(14(2)7-8-14)15-11-5-6-12(16-3)13(9-11)17-4/h5-6,9-10,15H,7-8H2,1-4H3. The number of methoxy groups -OCH3 is 2. The molecule has 1 unspecified atom stereocenters. The minimum absolute atomic E-state index is 0.465. The smallest absolute Gasteiger partial charge is 0.162 e. The van der Waals surface area contributed by atoms with E-state index >= 15 is 0 Å². The Balaban J connectivity index is 2.11. The lowest BCUT2D eigenvalue weighted by molar-refractivity contribution is 0.355. The molecule has 1 aliphatic carbocycles. The van der Waals surface area contributed by atoms with Crippen LogP contribution < -0.4 is 14.8 Å². The van der Waals surface area contributed by atoms with E-state index in [1.54, 1.807) is 14.2 Å². The van der Waals surface area contributed by atoms with Gasteiger partial charge in [-0.2, -0.15) is 0 Å². The van der Waals surface area contributed by atoms with Gasteiger partial charge in [-0.15, -0.1) is 0 Å². The molecule has 0 aromatic heterocycles. The fraction of sp³-hybridized carbons (Fsp3) is 0.571. The van der Waals surface area contributed by atoms with Crippen molar-refractivity contribution in [3.05, 3.63) is 18.2 Å². The summed E-state index contributed by atoms with van der Waals surface area (Å²) in [5.74, 6) is 1.54. The summed E-state index contributed by atoms with van der Waals surface area (Å²) in [5.41, 5.74) is 1.55. The number of hydrogen-bond donors (Lipinski definition) is 1. The van der Waals surface area contributed by atoms with E-state index in [4.69, 9.17) is 9.47 Å². The minimum atomic E-state index is 0.465. The summed E-state index contributed by atoms with van der Waals surface area (Å²) in [4.78, 5) is 0. The fourth-order valence-corrected chi connectivity index (χ4v) is 1.98. The Bertz CT molecular complexity index is 399. The molecule has 1 fully saturated rings. The predicted octanol–water partition coefficient (Wildman–Crippen LogP) is 3.30. The summed E-state index contributed by atoms with van der Waals surface area (Å²) in [7, 11) is 3.31. The van der Waals surface area contributed by atoms with Crippen molar-refractivity contribution in [2.24, 2.45) is 5.41 Å². The third-order valence-electron chi connectivity index (χ3n) is 3.85. The summed E-state index contributed by atoms with van der Waals surface area (Å²) in [6, 6.07) is 6.44. The molecule has 1 aromatic carbocycles. The SMILES string of the molecule is COc1ccc(NC(C)C2(C)CC2)cc1OC. The molecule has 1 N–H and O–H groups in total. The highest BCUT2D eigenvalue weighted by molar-refractivity contribution is 5.55. The Hall–Kier alpha value is -1.38. The van der Waals surface area contributed by atoms with Crippen LogP contribution in [0.25, 0.3) is 0 Å². The highest BCUT2D eigenvalue weighted by Crippen LogP contribution is 2.49. The van der Waals surface area contributed by atoms with Gasteiger partial charge >= 0.3 is 0 Å². The normalized spacial score (nSPS) is 18.4. The van der Waals surface area contributed by atoms with Crippen LogP contribution in [0, 0.1) is 5.41 Å². The molecule has 0 heterocycles. The lowest BCUT2D eigenvalue weighted by Gasteiger charge is -2.22. The Morgan fingerprint density at radius 2 is 1.82 bits per heavy atom. The zero-order chi connectivity index (χ0) is 12.5. The predicted molar refractivity (Wildman–Crippen MR) is 70.0 cm³/mol. The number of benzene rings is 1. The van der Waals surface area contributed by atoms with Crippen molar-refractivity contribution in [3.63, 3.8) is 0 Å². The maximum Gasteiger partial charge on any atom is 0.162 e. The molecule has 3 heteroatoms. The molecule has 1 atom stereocenters. The molecule has 94 valence electrons. The molecule has 0 aliphatic heterocycles. The Morgan fingerprint density at radius 1 is 1.18 bits per heavy atom. The number of rotatable bonds is 5. The average molecular weight is 235 g/mol. The van der Waals surface area contributed by atoms with Crippen LogP contribution in [0.15, 0.2) is 18.2 Å². The zero-order valence-corrected chi connectivity index (χ0v) is 11.0. The Kier molecular flexibility index (Phi) is 3.18. The molecule has 1 saturated carbocycles. The first-order chi connectivity index (χ1) is 8.09. The van der Waals surface area contributed by atoms with Gasteiger partial charge in [0.05, 0.1) is 14.2 Å². The third kappa shape index (κ3) is 2.48. The molecular formula is C14H21NO2. The van der Waals surface area contributed by atoms with Gasteiger partial charge in [-0.1, -0.05) is 6.92 Å². The van der Waals surface area contributed by atoms with E-state index in [2.05, 4.69) is 19.2 Å². The maximum absolute atomic E-state index is 5.29. The second-order valence-corrected chi connectivity index (χ2v) is 5.09. The van der Waals surface area contributed by atoms with Crippen LogP contribution in [0.2, 0.25) is 0 Å². The van der Waals surface area contributed by atoms with E-state index in [9.17, 15) is 0 Å². The summed E-state index contributed by atoms with van der Waals surface area (Å²) >= 11 is 0. The van der Waals surface area contributed by atoms with Crippen molar-refractivity contribution in [1.82, 2.24) is 0 Å². The van der Waals surface area contributed by atoms with Gasteiger partial charge in [0.1, 0.15) is 0 Å². The van der Waals surface area contributed by atoms with Crippen molar-refractivity contribution >= 4 is 5.69 Å². The van der Waals surface area contributed by atoms with Crippen LogP contribution in [-0.4, -0.2) is 20.3 Å². The monoisotopic (exact) mass is 235 g/mol. The molecule has 0 bridgehead atoms. The number of anilines is 1. The highest BCUT2D eigenvalue weighted by Gasteiger charge is 2.42. The highest BCUT2D eigenvalue weighted by atomic mass is 16.5. The van der Waals surface area contributed by atoms with E-state index in [1.807, 2.05) is 18.2 Å². The molecule has 0 spiro atoms. The molecule has 2 rings (SSSR count). The third-order valence-corrected chi connectivity index (χ3v) is 3.85. The first-order valence-corrected chi connectivity index (χ1v) is 6.07. The number of nitrogens with one attached hydrogen (secondary N) is 1. The molecular weight excluding hydrogens is 214 g/mol. The second kappa shape index (κ2) is 4.47.